The van der Waals surface area contributed by atoms with Crippen LogP contribution in [0.25, 0.3) is 11.0 Å². The number of alkyl halides is 2. The molecule has 2 heterocycles. The molecular weight excluding hydrogens is 583 g/mol. The van der Waals surface area contributed by atoms with Gasteiger partial charge in [-0.05, 0) is 36.2 Å². The predicted octanol–water partition coefficient (Wildman–Crippen LogP) is -0.729. The molecule has 40 heavy (non-hydrogen) atoms. The molecule has 1 unspecified atom stereocenters. The Morgan fingerprint density at radius 2 is 1.85 bits per heavy atom. The van der Waals surface area contributed by atoms with Gasteiger partial charge < -0.3 is 24.1 Å². The number of pyridine rings is 1. The number of aryl methyl sites for hydroxylation is 1. The van der Waals surface area contributed by atoms with Crippen molar-refractivity contribution < 1.29 is 75.1 Å². The number of aromatic nitrogens is 3. The van der Waals surface area contributed by atoms with Crippen molar-refractivity contribution in [2.45, 2.75) is 29.3 Å². The zero-order valence-corrected chi connectivity index (χ0v) is 25.2. The second-order valence-corrected chi connectivity index (χ2v) is 11.0. The molecule has 2 aromatic carbocycles. The van der Waals surface area contributed by atoms with Gasteiger partial charge in [0.05, 0.1) is 58.4 Å². The van der Waals surface area contributed by atoms with Crippen molar-refractivity contribution in [2.75, 3.05) is 14.2 Å². The van der Waals surface area contributed by atoms with E-state index < -0.39 is 49.0 Å². The summed E-state index contributed by atoms with van der Waals surface area (Å²) >= 11 is 0. The molecule has 0 aliphatic heterocycles. The number of benzene rings is 2. The van der Waals surface area contributed by atoms with E-state index in [9.17, 15) is 31.3 Å². The van der Waals surface area contributed by atoms with Crippen LogP contribution in [0.2, 0.25) is 0 Å². The van der Waals surface area contributed by atoms with Crippen molar-refractivity contribution in [3.8, 4) is 17.2 Å². The number of aromatic carboxylic acids is 1. The summed E-state index contributed by atoms with van der Waals surface area (Å²) in [6.07, 6.45) is 1.39. The normalized spacial score (nSPS) is 12.2. The summed E-state index contributed by atoms with van der Waals surface area (Å²) in [5.74, 6) is -1.89. The van der Waals surface area contributed by atoms with Gasteiger partial charge in [-0.3, -0.25) is 9.19 Å². The smallest absolute Gasteiger partial charge is 0.545 e. The van der Waals surface area contributed by atoms with Crippen LogP contribution in [-0.4, -0.2) is 53.4 Å². The Morgan fingerprint density at radius 3 is 2.48 bits per heavy atom. The molecule has 4 aromatic rings. The molecule has 0 aliphatic carbocycles. The van der Waals surface area contributed by atoms with Gasteiger partial charge in [0.2, 0.25) is 5.16 Å². The van der Waals surface area contributed by atoms with Gasteiger partial charge in [-0.1, -0.05) is 12.1 Å². The topological polar surface area (TPSA) is 150 Å². The van der Waals surface area contributed by atoms with Crippen molar-refractivity contribution in [3.05, 3.63) is 65.5 Å². The van der Waals surface area contributed by atoms with Gasteiger partial charge in [-0.15, -0.1) is 0 Å². The molecule has 1 atom stereocenters. The van der Waals surface area contributed by atoms with Crippen molar-refractivity contribution >= 4 is 37.8 Å². The molecule has 0 aliphatic rings. The Morgan fingerprint density at radius 1 is 1.12 bits per heavy atom. The molecule has 4 rings (SSSR count). The van der Waals surface area contributed by atoms with Gasteiger partial charge in [0, 0.05) is 18.3 Å². The SMILES string of the molecule is COc1ccnc(CS(=O)c2nc3ccc(OC(F)F)cc3n2S(=O)(=O)c2cc(C(=O)[O-])ccc2C)c1OC.[Na+]. The summed E-state index contributed by atoms with van der Waals surface area (Å²) in [5.41, 5.74) is -0.306. The van der Waals surface area contributed by atoms with Gasteiger partial charge >= 0.3 is 36.2 Å². The predicted molar refractivity (Wildman–Crippen MR) is 132 cm³/mol. The summed E-state index contributed by atoms with van der Waals surface area (Å²) in [7, 11) is -4.16. The summed E-state index contributed by atoms with van der Waals surface area (Å²) in [5, 5.41) is 11.0. The van der Waals surface area contributed by atoms with Gasteiger partial charge in [0.25, 0.3) is 10.0 Å². The van der Waals surface area contributed by atoms with Gasteiger partial charge in [-0.25, -0.2) is 17.4 Å². The first kappa shape index (κ1) is 31.4. The van der Waals surface area contributed by atoms with Crippen LogP contribution in [0.5, 0.6) is 17.2 Å². The zero-order chi connectivity index (χ0) is 28.5. The molecule has 11 nitrogen and oxygen atoms in total. The molecule has 16 heteroatoms. The molecule has 0 radical (unpaired) electrons. The van der Waals surface area contributed by atoms with E-state index in [1.807, 2.05) is 0 Å². The third-order valence-corrected chi connectivity index (χ3v) is 8.74. The number of carboxylic acids is 1. The maximum Gasteiger partial charge on any atom is 1.00 e. The standard InChI is InChI=1S/C24H21F2N3O8S2.Na/c1-13-4-5-14(22(30)31)10-20(13)39(33,34)29-18-11-15(37-23(25)26)6-7-16(18)28-24(29)38(32)12-17-21(36-3)19(35-2)8-9-27-17;/h4-11,23H,12H2,1-3H3,(H,30,31);/q;+1/p-1. The Kier molecular flexibility index (Phi) is 9.89. The fourth-order valence-electron chi connectivity index (χ4n) is 3.81. The van der Waals surface area contributed by atoms with Crippen LogP contribution in [-0.2, 0) is 26.6 Å². The molecule has 0 spiro atoms. The second kappa shape index (κ2) is 12.6. The fourth-order valence-corrected chi connectivity index (χ4v) is 7.02. The second-order valence-electron chi connectivity index (χ2n) is 7.94. The van der Waals surface area contributed by atoms with Crippen LogP contribution in [0.3, 0.4) is 0 Å². The maximum atomic E-state index is 14.0. The number of ether oxygens (including phenoxy) is 3. The van der Waals surface area contributed by atoms with Crippen LogP contribution in [0.1, 0.15) is 21.6 Å². The van der Waals surface area contributed by atoms with Gasteiger partial charge in [0.15, 0.2) is 11.5 Å². The molecule has 0 fully saturated rings. The monoisotopic (exact) mass is 603 g/mol. The van der Waals surface area contributed by atoms with E-state index in [0.717, 1.165) is 18.2 Å². The number of carbonyl (C=O) groups is 1. The number of rotatable bonds is 10. The van der Waals surface area contributed by atoms with Crippen LogP contribution >= 0.6 is 0 Å². The first-order chi connectivity index (χ1) is 18.5. The molecule has 206 valence electrons. The largest absolute Gasteiger partial charge is 1.00 e. The van der Waals surface area contributed by atoms with Crippen LogP contribution in [0, 0.1) is 6.92 Å². The van der Waals surface area contributed by atoms with E-state index in [1.54, 1.807) is 0 Å². The Hall–Kier alpha value is -3.11. The maximum absolute atomic E-state index is 14.0. The van der Waals surface area contributed by atoms with Gasteiger partial charge in [0.1, 0.15) is 5.75 Å². The number of fused-ring (bicyclic) bond motifs is 1. The van der Waals surface area contributed by atoms with E-state index in [0.29, 0.717) is 9.72 Å². The van der Waals surface area contributed by atoms with E-state index in [-0.39, 0.29) is 69.1 Å². The number of nitrogens with zero attached hydrogens (tertiary/aromatic N) is 3. The van der Waals surface area contributed by atoms with E-state index in [2.05, 4.69) is 14.7 Å². The molecule has 0 bridgehead atoms. The number of imidazole rings is 1. The Bertz CT molecular complexity index is 1710. The summed E-state index contributed by atoms with van der Waals surface area (Å²) in [6, 6.07) is 8.24. The molecule has 0 saturated heterocycles. The number of hydrogen-bond acceptors (Lipinski definition) is 10. The molecule has 0 amide bonds. The minimum atomic E-state index is -4.70. The zero-order valence-electron chi connectivity index (χ0n) is 21.6. The molecule has 2 aromatic heterocycles. The van der Waals surface area contributed by atoms with E-state index in [1.165, 1.54) is 51.6 Å². The Labute approximate surface area is 251 Å². The third kappa shape index (κ3) is 6.12. The third-order valence-electron chi connectivity index (χ3n) is 5.56. The summed E-state index contributed by atoms with van der Waals surface area (Å²) < 4.78 is 83.0. The summed E-state index contributed by atoms with van der Waals surface area (Å²) in [4.78, 5) is 19.4. The first-order valence-electron chi connectivity index (χ1n) is 11.0. The van der Waals surface area contributed by atoms with Crippen molar-refractivity contribution in [1.29, 1.82) is 0 Å². The average Bonchev–Trinajstić information content (AvgIpc) is 3.28. The quantitative estimate of drug-likeness (QED) is 0.212. The van der Waals surface area contributed by atoms with Gasteiger partial charge in [-0.2, -0.15) is 8.78 Å². The number of methoxy groups -OCH3 is 2. The molecule has 0 saturated carbocycles. The van der Waals surface area contributed by atoms with E-state index >= 15 is 0 Å². The van der Waals surface area contributed by atoms with Crippen LogP contribution in [0.15, 0.2) is 58.7 Å². The average molecular weight is 604 g/mol. The summed E-state index contributed by atoms with van der Waals surface area (Å²) in [6.45, 7) is -1.77. The minimum absolute atomic E-state index is 0. The fraction of sp³-hybridized carbons (Fsp3) is 0.208. The number of halogens is 2. The number of carbonyl (C=O) groups excluding carboxylic acids is 1. The van der Waals surface area contributed by atoms with Crippen molar-refractivity contribution in [3.63, 3.8) is 0 Å². The molecular formula is C24H20F2N3NaO8S2. The van der Waals surface area contributed by atoms with E-state index in [4.69, 9.17) is 9.47 Å². The Balaban J connectivity index is 0.00000441. The minimum Gasteiger partial charge on any atom is -0.545 e. The van der Waals surface area contributed by atoms with Crippen molar-refractivity contribution in [2.24, 2.45) is 0 Å². The number of hydrogen-bond donors (Lipinski definition) is 0. The molecule has 0 N–H and O–H groups in total. The van der Waals surface area contributed by atoms with Crippen LogP contribution in [0.4, 0.5) is 8.78 Å². The van der Waals surface area contributed by atoms with Crippen LogP contribution < -0.4 is 48.9 Å². The van der Waals surface area contributed by atoms with Crippen molar-refractivity contribution in [1.82, 2.24) is 13.9 Å². The number of carboxylic acid groups (broad SMARTS) is 1. The first-order valence-corrected chi connectivity index (χ1v) is 13.7.